The van der Waals surface area contributed by atoms with Crippen molar-refractivity contribution in [1.82, 2.24) is 15.1 Å². The van der Waals surface area contributed by atoms with E-state index in [4.69, 9.17) is 0 Å². The van der Waals surface area contributed by atoms with Gasteiger partial charge in [-0.25, -0.2) is 0 Å². The number of nitrogens with zero attached hydrogens (tertiary/aromatic N) is 2. The molecule has 0 fully saturated rings. The lowest BCUT2D eigenvalue weighted by Crippen LogP contribution is -2.51. The van der Waals surface area contributed by atoms with Crippen LogP contribution in [0.2, 0.25) is 0 Å². The van der Waals surface area contributed by atoms with Gasteiger partial charge in [0.05, 0.1) is 11.7 Å². The van der Waals surface area contributed by atoms with Crippen LogP contribution in [-0.2, 0) is 11.3 Å². The number of hydrogen-bond acceptors (Lipinski definition) is 3. The Kier molecular flexibility index (Phi) is 4.96. The molecule has 1 aromatic carbocycles. The van der Waals surface area contributed by atoms with Crippen molar-refractivity contribution >= 4 is 16.9 Å². The summed E-state index contributed by atoms with van der Waals surface area (Å²) in [7, 11) is 0. The molecule has 0 amide bonds. The quantitative estimate of drug-likeness (QED) is 0.784. The summed E-state index contributed by atoms with van der Waals surface area (Å²) in [5.41, 5.74) is 0.274. The molecular formula is C16H23N3O2. The minimum atomic E-state index is -0.822. The van der Waals surface area contributed by atoms with Crippen LogP contribution in [-0.4, -0.2) is 32.9 Å². The first-order valence-corrected chi connectivity index (χ1v) is 7.52. The SMILES string of the molecule is CCNC(CC)(CCCn1ncc2ccccc21)C(=O)O. The first kappa shape index (κ1) is 15.5. The Morgan fingerprint density at radius 3 is 2.81 bits per heavy atom. The molecule has 1 unspecified atom stereocenters. The predicted molar refractivity (Wildman–Crippen MR) is 83.3 cm³/mol. The molecule has 2 rings (SSSR count). The summed E-state index contributed by atoms with van der Waals surface area (Å²) in [4.78, 5) is 11.6. The van der Waals surface area contributed by atoms with Gasteiger partial charge >= 0.3 is 5.97 Å². The largest absolute Gasteiger partial charge is 0.480 e. The summed E-state index contributed by atoms with van der Waals surface area (Å²) >= 11 is 0. The zero-order valence-corrected chi connectivity index (χ0v) is 12.7. The third-order valence-corrected chi connectivity index (χ3v) is 4.05. The summed E-state index contributed by atoms with van der Waals surface area (Å²) in [6.07, 6.45) is 3.81. The molecular weight excluding hydrogens is 266 g/mol. The Balaban J connectivity index is 2.04. The van der Waals surface area contributed by atoms with Gasteiger partial charge in [0.1, 0.15) is 5.54 Å². The molecule has 5 heteroatoms. The lowest BCUT2D eigenvalue weighted by Gasteiger charge is -2.29. The summed E-state index contributed by atoms with van der Waals surface area (Å²) in [6.45, 7) is 5.24. The van der Waals surface area contributed by atoms with Gasteiger partial charge < -0.3 is 10.4 Å². The standard InChI is InChI=1S/C16H23N3O2/c1-3-16(15(20)21,17-4-2)10-7-11-19-14-9-6-5-8-13(14)12-18-19/h5-6,8-9,12,17H,3-4,7,10-11H2,1-2H3,(H,20,21). The average Bonchev–Trinajstić information content (AvgIpc) is 2.89. The predicted octanol–water partition coefficient (Wildman–Crippen LogP) is 2.66. The lowest BCUT2D eigenvalue weighted by atomic mass is 9.90. The second-order valence-electron chi connectivity index (χ2n) is 5.30. The number of nitrogens with one attached hydrogen (secondary N) is 1. The number of rotatable bonds is 8. The van der Waals surface area contributed by atoms with Crippen LogP contribution in [0, 0.1) is 0 Å². The molecule has 1 aromatic heterocycles. The number of carbonyl (C=O) groups is 1. The topological polar surface area (TPSA) is 67.2 Å². The Labute approximate surface area is 125 Å². The van der Waals surface area contributed by atoms with Gasteiger partial charge in [0.15, 0.2) is 0 Å². The fraction of sp³-hybridized carbons (Fsp3) is 0.500. The van der Waals surface area contributed by atoms with E-state index >= 15 is 0 Å². The van der Waals surface area contributed by atoms with E-state index in [9.17, 15) is 9.90 Å². The number of para-hydroxylation sites is 1. The van der Waals surface area contributed by atoms with Gasteiger partial charge in [0.2, 0.25) is 0 Å². The van der Waals surface area contributed by atoms with Crippen LogP contribution in [0.15, 0.2) is 30.5 Å². The van der Waals surface area contributed by atoms with E-state index in [1.807, 2.05) is 49.0 Å². The van der Waals surface area contributed by atoms with Gasteiger partial charge in [0.25, 0.3) is 0 Å². The molecule has 1 heterocycles. The smallest absolute Gasteiger partial charge is 0.323 e. The monoisotopic (exact) mass is 289 g/mol. The maximum Gasteiger partial charge on any atom is 0.323 e. The molecule has 0 bridgehead atoms. The molecule has 2 N–H and O–H groups in total. The Morgan fingerprint density at radius 2 is 2.14 bits per heavy atom. The lowest BCUT2D eigenvalue weighted by molar-refractivity contribution is -0.145. The van der Waals surface area contributed by atoms with Crippen LogP contribution in [0.4, 0.5) is 0 Å². The number of carboxylic acid groups (broad SMARTS) is 1. The van der Waals surface area contributed by atoms with E-state index in [1.165, 1.54) is 0 Å². The van der Waals surface area contributed by atoms with Crippen molar-refractivity contribution in [2.24, 2.45) is 0 Å². The van der Waals surface area contributed by atoms with Gasteiger partial charge in [-0.05, 0) is 31.9 Å². The number of aromatic nitrogens is 2. The summed E-state index contributed by atoms with van der Waals surface area (Å²) in [6, 6.07) is 8.06. The van der Waals surface area contributed by atoms with Crippen LogP contribution in [0.5, 0.6) is 0 Å². The van der Waals surface area contributed by atoms with Crippen molar-refractivity contribution in [3.63, 3.8) is 0 Å². The number of carboxylic acids is 1. The number of fused-ring (bicyclic) bond motifs is 1. The summed E-state index contributed by atoms with van der Waals surface area (Å²) in [5, 5.41) is 18.1. The van der Waals surface area contributed by atoms with Gasteiger partial charge in [-0.1, -0.05) is 32.0 Å². The Morgan fingerprint density at radius 1 is 1.38 bits per heavy atom. The maximum atomic E-state index is 11.6. The first-order valence-electron chi connectivity index (χ1n) is 7.52. The van der Waals surface area contributed by atoms with Crippen molar-refractivity contribution in [3.8, 4) is 0 Å². The number of hydrogen-bond donors (Lipinski definition) is 2. The highest BCUT2D eigenvalue weighted by molar-refractivity contribution is 5.79. The minimum Gasteiger partial charge on any atom is -0.480 e. The summed E-state index contributed by atoms with van der Waals surface area (Å²) in [5.74, 6) is -0.767. The molecule has 0 saturated carbocycles. The number of aliphatic carboxylic acids is 1. The zero-order valence-electron chi connectivity index (χ0n) is 12.7. The highest BCUT2D eigenvalue weighted by Crippen LogP contribution is 2.20. The van der Waals surface area contributed by atoms with Crippen molar-refractivity contribution in [3.05, 3.63) is 30.5 Å². The fourth-order valence-electron chi connectivity index (χ4n) is 2.80. The Bertz CT molecular complexity index is 608. The first-order chi connectivity index (χ1) is 10.1. The molecule has 0 aliphatic heterocycles. The fourth-order valence-corrected chi connectivity index (χ4v) is 2.80. The van der Waals surface area contributed by atoms with E-state index in [0.29, 0.717) is 19.4 Å². The molecule has 0 spiro atoms. The van der Waals surface area contributed by atoms with Crippen LogP contribution in [0.3, 0.4) is 0 Å². The van der Waals surface area contributed by atoms with E-state index < -0.39 is 11.5 Å². The maximum absolute atomic E-state index is 11.6. The van der Waals surface area contributed by atoms with E-state index in [1.54, 1.807) is 0 Å². The van der Waals surface area contributed by atoms with Crippen LogP contribution >= 0.6 is 0 Å². The Hall–Kier alpha value is -1.88. The molecule has 5 nitrogen and oxygen atoms in total. The van der Waals surface area contributed by atoms with Crippen LogP contribution in [0.1, 0.15) is 33.1 Å². The molecule has 21 heavy (non-hydrogen) atoms. The van der Waals surface area contributed by atoms with Crippen molar-refractivity contribution in [2.45, 2.75) is 45.2 Å². The van der Waals surface area contributed by atoms with Gasteiger partial charge in [-0.3, -0.25) is 9.48 Å². The molecule has 1 atom stereocenters. The second kappa shape index (κ2) is 6.72. The molecule has 0 aliphatic carbocycles. The average molecular weight is 289 g/mol. The van der Waals surface area contributed by atoms with E-state index in [0.717, 1.165) is 23.9 Å². The highest BCUT2D eigenvalue weighted by atomic mass is 16.4. The molecule has 0 saturated heterocycles. The van der Waals surface area contributed by atoms with Gasteiger partial charge in [-0.15, -0.1) is 0 Å². The summed E-state index contributed by atoms with van der Waals surface area (Å²) < 4.78 is 1.95. The van der Waals surface area contributed by atoms with Crippen molar-refractivity contribution < 1.29 is 9.90 Å². The highest BCUT2D eigenvalue weighted by Gasteiger charge is 2.34. The number of benzene rings is 1. The van der Waals surface area contributed by atoms with E-state index in [2.05, 4.69) is 10.4 Å². The number of likely N-dealkylation sites (N-methyl/N-ethyl adjacent to an activating group) is 1. The molecule has 0 radical (unpaired) electrons. The zero-order chi connectivity index (χ0) is 15.3. The molecule has 0 aliphatic rings. The van der Waals surface area contributed by atoms with Crippen molar-refractivity contribution in [2.75, 3.05) is 6.54 Å². The van der Waals surface area contributed by atoms with Crippen LogP contribution in [0.25, 0.3) is 10.9 Å². The molecule has 114 valence electrons. The minimum absolute atomic E-state index is 0.579. The third-order valence-electron chi connectivity index (χ3n) is 4.05. The van der Waals surface area contributed by atoms with E-state index in [-0.39, 0.29) is 0 Å². The van der Waals surface area contributed by atoms with Crippen molar-refractivity contribution in [1.29, 1.82) is 0 Å². The molecule has 2 aromatic rings. The van der Waals surface area contributed by atoms with Crippen LogP contribution < -0.4 is 5.32 Å². The second-order valence-corrected chi connectivity index (χ2v) is 5.30. The third kappa shape index (κ3) is 3.24. The number of aryl methyl sites for hydroxylation is 1. The van der Waals surface area contributed by atoms with Gasteiger partial charge in [-0.2, -0.15) is 5.10 Å². The van der Waals surface area contributed by atoms with Gasteiger partial charge in [0, 0.05) is 11.9 Å². The normalized spacial score (nSPS) is 14.2.